The first kappa shape index (κ1) is 19.0. The van der Waals surface area contributed by atoms with Crippen molar-refractivity contribution in [3.63, 3.8) is 0 Å². The Bertz CT molecular complexity index is 971. The zero-order valence-corrected chi connectivity index (χ0v) is 15.7. The van der Waals surface area contributed by atoms with Gasteiger partial charge in [0.2, 0.25) is 0 Å². The number of thioether (sulfide) groups is 1. The highest BCUT2D eigenvalue weighted by Crippen LogP contribution is 2.32. The molecule has 0 atom stereocenters. The van der Waals surface area contributed by atoms with E-state index in [0.29, 0.717) is 21.3 Å². The number of hydrogen-bond donors (Lipinski definition) is 0. The topological polar surface area (TPSA) is 46.6 Å². The molecule has 136 valence electrons. The van der Waals surface area contributed by atoms with Crippen LogP contribution in [0.2, 0.25) is 0 Å². The molecular formula is C20H14FNO3S2. The van der Waals surface area contributed by atoms with Crippen LogP contribution in [-0.2, 0) is 4.79 Å². The van der Waals surface area contributed by atoms with E-state index in [9.17, 15) is 14.0 Å². The fourth-order valence-corrected chi connectivity index (χ4v) is 3.67. The Hall–Kier alpha value is -2.77. The number of carbonyl (C=O) groups is 2. The minimum Gasteiger partial charge on any atom is -0.423 e. The van der Waals surface area contributed by atoms with E-state index < -0.39 is 11.8 Å². The lowest BCUT2D eigenvalue weighted by atomic mass is 10.2. The third-order valence-corrected chi connectivity index (χ3v) is 5.02. The molecule has 27 heavy (non-hydrogen) atoms. The molecule has 4 nitrogen and oxygen atoms in total. The molecule has 1 saturated heterocycles. The van der Waals surface area contributed by atoms with Crippen LogP contribution in [0.1, 0.15) is 15.9 Å². The lowest BCUT2D eigenvalue weighted by Crippen LogP contribution is -2.27. The summed E-state index contributed by atoms with van der Waals surface area (Å²) in [6.45, 7) is 3.96. The molecule has 2 aromatic carbocycles. The summed E-state index contributed by atoms with van der Waals surface area (Å²) in [6, 6.07) is 12.2. The van der Waals surface area contributed by atoms with Crippen LogP contribution in [-0.4, -0.2) is 27.6 Å². The molecule has 1 amide bonds. The van der Waals surface area contributed by atoms with Gasteiger partial charge in [0.25, 0.3) is 5.91 Å². The molecule has 1 aliphatic rings. The number of halogens is 1. The minimum absolute atomic E-state index is 0.145. The minimum atomic E-state index is -0.789. The Balaban J connectivity index is 1.79. The van der Waals surface area contributed by atoms with Crippen molar-refractivity contribution in [3.8, 4) is 5.75 Å². The predicted octanol–water partition coefficient (Wildman–Crippen LogP) is 4.43. The second-order valence-electron chi connectivity index (χ2n) is 5.52. The number of carbonyl (C=O) groups excluding carboxylic acids is 2. The van der Waals surface area contributed by atoms with Crippen LogP contribution in [0.4, 0.5) is 4.39 Å². The van der Waals surface area contributed by atoms with Gasteiger partial charge >= 0.3 is 5.97 Å². The fraction of sp³-hybridized carbons (Fsp3) is 0.0500. The van der Waals surface area contributed by atoms with Crippen molar-refractivity contribution < 1.29 is 18.7 Å². The van der Waals surface area contributed by atoms with Crippen molar-refractivity contribution in [3.05, 3.63) is 83.0 Å². The summed E-state index contributed by atoms with van der Waals surface area (Å²) in [7, 11) is 0. The van der Waals surface area contributed by atoms with Gasteiger partial charge in [-0.1, -0.05) is 54.3 Å². The summed E-state index contributed by atoms with van der Waals surface area (Å²) in [6.07, 6.45) is 3.28. The zero-order valence-electron chi connectivity index (χ0n) is 14.1. The number of rotatable bonds is 5. The van der Waals surface area contributed by atoms with Gasteiger partial charge in [-0.15, -0.1) is 6.58 Å². The van der Waals surface area contributed by atoms with Crippen LogP contribution < -0.4 is 4.74 Å². The van der Waals surface area contributed by atoms with Gasteiger partial charge in [0.1, 0.15) is 15.9 Å². The summed E-state index contributed by atoms with van der Waals surface area (Å²) >= 11 is 6.40. The van der Waals surface area contributed by atoms with Gasteiger partial charge in [-0.2, -0.15) is 0 Å². The standard InChI is InChI=1S/C20H14FNO3S2/c1-2-10-22-18(23)17(27-20(22)26)12-13-6-5-7-14(11-13)25-19(24)15-8-3-4-9-16(15)21/h2-9,11-12H,1,10H2. The Morgan fingerprint density at radius 1 is 1.26 bits per heavy atom. The molecular weight excluding hydrogens is 385 g/mol. The zero-order chi connectivity index (χ0) is 19.4. The third kappa shape index (κ3) is 4.32. The van der Waals surface area contributed by atoms with Crippen molar-refractivity contribution in [1.29, 1.82) is 0 Å². The number of ether oxygens (including phenoxy) is 1. The van der Waals surface area contributed by atoms with Crippen LogP contribution in [0.5, 0.6) is 5.75 Å². The number of nitrogens with zero attached hydrogens (tertiary/aromatic N) is 1. The van der Waals surface area contributed by atoms with Crippen LogP contribution in [0.3, 0.4) is 0 Å². The Kier molecular flexibility index (Phi) is 5.83. The fourth-order valence-electron chi connectivity index (χ4n) is 2.39. The van der Waals surface area contributed by atoms with Crippen LogP contribution in [0, 0.1) is 5.82 Å². The molecule has 2 aromatic rings. The van der Waals surface area contributed by atoms with Crippen LogP contribution >= 0.6 is 24.0 Å². The third-order valence-electron chi connectivity index (χ3n) is 3.65. The van der Waals surface area contributed by atoms with Gasteiger partial charge in [-0.25, -0.2) is 9.18 Å². The van der Waals surface area contributed by atoms with E-state index in [-0.39, 0.29) is 17.2 Å². The van der Waals surface area contributed by atoms with Crippen LogP contribution in [0.25, 0.3) is 6.08 Å². The van der Waals surface area contributed by atoms with Crippen molar-refractivity contribution in [2.45, 2.75) is 0 Å². The summed E-state index contributed by atoms with van der Waals surface area (Å²) in [5, 5.41) is 0. The maximum absolute atomic E-state index is 13.7. The molecule has 0 unspecified atom stereocenters. The van der Waals surface area contributed by atoms with Crippen LogP contribution in [0.15, 0.2) is 66.1 Å². The Morgan fingerprint density at radius 2 is 2.04 bits per heavy atom. The Morgan fingerprint density at radius 3 is 2.78 bits per heavy atom. The average Bonchev–Trinajstić information content (AvgIpc) is 2.90. The Labute approximate surface area is 165 Å². The summed E-state index contributed by atoms with van der Waals surface area (Å²) in [5.41, 5.74) is 0.515. The van der Waals surface area contributed by atoms with E-state index in [1.54, 1.807) is 42.5 Å². The molecule has 0 aromatic heterocycles. The SMILES string of the molecule is C=CCN1C(=O)C(=Cc2cccc(OC(=O)c3ccccc3F)c2)SC1=S. The lowest BCUT2D eigenvalue weighted by molar-refractivity contribution is -0.121. The van der Waals surface area contributed by atoms with Gasteiger partial charge in [-0.05, 0) is 35.9 Å². The molecule has 3 rings (SSSR count). The van der Waals surface area contributed by atoms with Gasteiger partial charge in [0.05, 0.1) is 10.5 Å². The molecule has 0 bridgehead atoms. The second kappa shape index (κ2) is 8.28. The smallest absolute Gasteiger partial charge is 0.346 e. The first-order valence-electron chi connectivity index (χ1n) is 7.92. The largest absolute Gasteiger partial charge is 0.423 e. The van der Waals surface area contributed by atoms with Crippen molar-refractivity contribution in [2.24, 2.45) is 0 Å². The predicted molar refractivity (Wildman–Crippen MR) is 108 cm³/mol. The summed E-state index contributed by atoms with van der Waals surface area (Å²) < 4.78 is 19.4. The molecule has 0 saturated carbocycles. The van der Waals surface area contributed by atoms with Gasteiger partial charge in [-0.3, -0.25) is 9.69 Å². The number of thiocarbonyl (C=S) groups is 1. The summed E-state index contributed by atoms with van der Waals surface area (Å²) in [4.78, 5) is 26.4. The van der Waals surface area contributed by atoms with E-state index in [1.807, 2.05) is 0 Å². The normalized spacial score (nSPS) is 15.3. The highest BCUT2D eigenvalue weighted by Gasteiger charge is 2.30. The molecule has 0 N–H and O–H groups in total. The molecule has 7 heteroatoms. The average molecular weight is 399 g/mol. The quantitative estimate of drug-likeness (QED) is 0.245. The van der Waals surface area contributed by atoms with Gasteiger partial charge in [0.15, 0.2) is 0 Å². The van der Waals surface area contributed by atoms with E-state index in [1.165, 1.54) is 34.9 Å². The number of esters is 1. The highest BCUT2D eigenvalue weighted by atomic mass is 32.2. The van der Waals surface area contributed by atoms with Crippen molar-refractivity contribution in [2.75, 3.05) is 6.54 Å². The molecule has 1 heterocycles. The van der Waals surface area contributed by atoms with Gasteiger partial charge < -0.3 is 4.74 Å². The molecule has 0 aliphatic carbocycles. The lowest BCUT2D eigenvalue weighted by Gasteiger charge is -2.10. The molecule has 0 spiro atoms. The summed E-state index contributed by atoms with van der Waals surface area (Å²) in [5.74, 6) is -1.38. The molecule has 1 aliphatic heterocycles. The maximum atomic E-state index is 13.7. The van der Waals surface area contributed by atoms with E-state index in [2.05, 4.69) is 6.58 Å². The first-order chi connectivity index (χ1) is 13.0. The molecule has 1 fully saturated rings. The van der Waals surface area contributed by atoms with Crippen molar-refractivity contribution >= 4 is 46.3 Å². The van der Waals surface area contributed by atoms with Crippen molar-refractivity contribution in [1.82, 2.24) is 4.90 Å². The molecule has 0 radical (unpaired) electrons. The number of hydrogen-bond acceptors (Lipinski definition) is 5. The van der Waals surface area contributed by atoms with E-state index >= 15 is 0 Å². The van der Waals surface area contributed by atoms with Gasteiger partial charge in [0, 0.05) is 6.54 Å². The highest BCUT2D eigenvalue weighted by molar-refractivity contribution is 8.26. The van der Waals surface area contributed by atoms with E-state index in [0.717, 1.165) is 0 Å². The first-order valence-corrected chi connectivity index (χ1v) is 9.15. The van der Waals surface area contributed by atoms with E-state index in [4.69, 9.17) is 17.0 Å². The maximum Gasteiger partial charge on any atom is 0.346 e. The second-order valence-corrected chi connectivity index (χ2v) is 7.20. The number of benzene rings is 2. The number of amides is 1. The monoisotopic (exact) mass is 399 g/mol.